The molecule has 0 unspecified atom stereocenters. The molecule has 0 fully saturated rings. The topological polar surface area (TPSA) is 59.4 Å². The van der Waals surface area contributed by atoms with Crippen LogP contribution in [0.4, 0.5) is 4.79 Å². The molecule has 0 saturated heterocycles. The maximum absolute atomic E-state index is 12.9. The molecule has 5 rings (SSSR count). The Hall–Kier alpha value is -3.80. The zero-order valence-corrected chi connectivity index (χ0v) is 18.1. The van der Waals surface area contributed by atoms with E-state index in [1.807, 2.05) is 41.6 Å². The quantitative estimate of drug-likeness (QED) is 0.516. The Labute approximate surface area is 187 Å². The summed E-state index contributed by atoms with van der Waals surface area (Å²) < 4.78 is 7.59. The van der Waals surface area contributed by atoms with Crippen LogP contribution in [-0.2, 0) is 26.1 Å². The Morgan fingerprint density at radius 2 is 1.81 bits per heavy atom. The fourth-order valence-corrected chi connectivity index (χ4v) is 4.46. The number of hydrogen-bond donors (Lipinski definition) is 1. The van der Waals surface area contributed by atoms with Gasteiger partial charge in [-0.25, -0.2) is 4.79 Å². The summed E-state index contributed by atoms with van der Waals surface area (Å²) in [6.45, 7) is 2.62. The molecule has 2 aromatic heterocycles. The number of carbonyl (C=O) groups is 1. The standard InChI is InChI=1S/C26H26N4O2/c1-32-21-8-6-19(7-9-21)16-28-26(31)29-15-12-25-23(18-29)22-4-2-3-5-24(22)30(25)17-20-10-13-27-14-11-20/h2-11,13-14H,12,15-18H2,1H3,(H,28,31). The lowest BCUT2D eigenvalue weighted by Crippen LogP contribution is -2.42. The van der Waals surface area contributed by atoms with Gasteiger partial charge in [-0.2, -0.15) is 0 Å². The molecular formula is C26H26N4O2. The molecule has 2 amide bonds. The Balaban J connectivity index is 1.35. The van der Waals surface area contributed by atoms with Gasteiger partial charge >= 0.3 is 6.03 Å². The maximum atomic E-state index is 12.9. The number of benzene rings is 2. The number of methoxy groups -OCH3 is 1. The van der Waals surface area contributed by atoms with E-state index in [2.05, 4.69) is 51.3 Å². The molecule has 2 aromatic carbocycles. The fraction of sp³-hybridized carbons (Fsp3) is 0.231. The predicted octanol–water partition coefficient (Wildman–Crippen LogP) is 4.36. The van der Waals surface area contributed by atoms with Gasteiger partial charge in [0.1, 0.15) is 5.75 Å². The molecule has 1 N–H and O–H groups in total. The van der Waals surface area contributed by atoms with Gasteiger partial charge in [0.15, 0.2) is 0 Å². The van der Waals surface area contributed by atoms with Gasteiger partial charge in [-0.05, 0) is 41.5 Å². The minimum Gasteiger partial charge on any atom is -0.497 e. The van der Waals surface area contributed by atoms with Crippen molar-refractivity contribution in [3.8, 4) is 5.75 Å². The molecule has 0 aliphatic carbocycles. The van der Waals surface area contributed by atoms with Gasteiger partial charge in [-0.3, -0.25) is 4.98 Å². The van der Waals surface area contributed by atoms with E-state index in [1.54, 1.807) is 7.11 Å². The molecular weight excluding hydrogens is 400 g/mol. The monoisotopic (exact) mass is 426 g/mol. The number of pyridine rings is 1. The molecule has 1 aliphatic heterocycles. The van der Waals surface area contributed by atoms with Gasteiger partial charge in [0.05, 0.1) is 7.11 Å². The van der Waals surface area contributed by atoms with Crippen LogP contribution in [-0.4, -0.2) is 34.1 Å². The molecule has 0 radical (unpaired) electrons. The van der Waals surface area contributed by atoms with Gasteiger partial charge in [-0.15, -0.1) is 0 Å². The first-order chi connectivity index (χ1) is 15.7. The number of hydrogen-bond acceptors (Lipinski definition) is 3. The van der Waals surface area contributed by atoms with E-state index in [9.17, 15) is 4.79 Å². The molecule has 162 valence electrons. The lowest BCUT2D eigenvalue weighted by atomic mass is 10.0. The van der Waals surface area contributed by atoms with E-state index in [0.717, 1.165) is 24.3 Å². The van der Waals surface area contributed by atoms with Crippen LogP contribution in [0, 0.1) is 0 Å². The van der Waals surface area contributed by atoms with Crippen molar-refractivity contribution in [1.82, 2.24) is 19.8 Å². The number of para-hydroxylation sites is 1. The van der Waals surface area contributed by atoms with Crippen molar-refractivity contribution in [1.29, 1.82) is 0 Å². The number of urea groups is 1. The van der Waals surface area contributed by atoms with Crippen molar-refractivity contribution in [2.45, 2.75) is 26.1 Å². The van der Waals surface area contributed by atoms with E-state index < -0.39 is 0 Å². The van der Waals surface area contributed by atoms with E-state index in [4.69, 9.17) is 4.74 Å². The first-order valence-electron chi connectivity index (χ1n) is 10.9. The molecule has 0 spiro atoms. The van der Waals surface area contributed by atoms with Crippen LogP contribution >= 0.6 is 0 Å². The number of rotatable bonds is 5. The van der Waals surface area contributed by atoms with Crippen LogP contribution in [0.25, 0.3) is 10.9 Å². The SMILES string of the molecule is COc1ccc(CNC(=O)N2CCc3c(c4ccccc4n3Cc3ccncc3)C2)cc1. The Bertz CT molecular complexity index is 1230. The van der Waals surface area contributed by atoms with Crippen LogP contribution in [0.1, 0.15) is 22.4 Å². The zero-order valence-electron chi connectivity index (χ0n) is 18.1. The van der Waals surface area contributed by atoms with Gasteiger partial charge in [-0.1, -0.05) is 30.3 Å². The van der Waals surface area contributed by atoms with Crippen molar-refractivity contribution in [2.24, 2.45) is 0 Å². The number of nitrogens with one attached hydrogen (secondary N) is 1. The van der Waals surface area contributed by atoms with Crippen molar-refractivity contribution in [3.05, 3.63) is 95.4 Å². The van der Waals surface area contributed by atoms with Crippen molar-refractivity contribution in [2.75, 3.05) is 13.7 Å². The van der Waals surface area contributed by atoms with Gasteiger partial charge in [0.25, 0.3) is 0 Å². The van der Waals surface area contributed by atoms with Crippen LogP contribution in [0.5, 0.6) is 5.75 Å². The van der Waals surface area contributed by atoms with E-state index in [0.29, 0.717) is 19.6 Å². The molecule has 0 saturated carbocycles. The summed E-state index contributed by atoms with van der Waals surface area (Å²) in [7, 11) is 1.65. The molecule has 32 heavy (non-hydrogen) atoms. The maximum Gasteiger partial charge on any atom is 0.317 e. The van der Waals surface area contributed by atoms with Crippen molar-refractivity contribution < 1.29 is 9.53 Å². The number of carbonyl (C=O) groups excluding carboxylic acids is 1. The molecule has 4 aromatic rings. The number of fused-ring (bicyclic) bond motifs is 3. The number of ether oxygens (including phenoxy) is 1. The molecule has 6 heteroatoms. The summed E-state index contributed by atoms with van der Waals surface area (Å²) in [5.41, 5.74) is 6.06. The normalized spacial score (nSPS) is 13.1. The number of nitrogens with zero attached hydrogens (tertiary/aromatic N) is 3. The van der Waals surface area contributed by atoms with Crippen molar-refractivity contribution >= 4 is 16.9 Å². The predicted molar refractivity (Wildman–Crippen MR) is 125 cm³/mol. The first-order valence-corrected chi connectivity index (χ1v) is 10.9. The second kappa shape index (κ2) is 8.75. The Morgan fingerprint density at radius 3 is 2.59 bits per heavy atom. The second-order valence-corrected chi connectivity index (χ2v) is 8.06. The zero-order chi connectivity index (χ0) is 21.9. The third-order valence-electron chi connectivity index (χ3n) is 6.14. The van der Waals surface area contributed by atoms with Gasteiger partial charge in [0.2, 0.25) is 0 Å². The lowest BCUT2D eigenvalue weighted by molar-refractivity contribution is 0.191. The highest BCUT2D eigenvalue weighted by atomic mass is 16.5. The number of aromatic nitrogens is 2. The average molecular weight is 427 g/mol. The summed E-state index contributed by atoms with van der Waals surface area (Å²) in [6, 6.07) is 20.3. The first kappa shape index (κ1) is 20.1. The summed E-state index contributed by atoms with van der Waals surface area (Å²) in [6.07, 6.45) is 4.51. The summed E-state index contributed by atoms with van der Waals surface area (Å²) in [4.78, 5) is 19.0. The highest BCUT2D eigenvalue weighted by molar-refractivity contribution is 5.87. The highest BCUT2D eigenvalue weighted by Gasteiger charge is 2.26. The molecule has 3 heterocycles. The summed E-state index contributed by atoms with van der Waals surface area (Å²) >= 11 is 0. The largest absolute Gasteiger partial charge is 0.497 e. The van der Waals surface area contributed by atoms with E-state index >= 15 is 0 Å². The van der Waals surface area contributed by atoms with Crippen LogP contribution < -0.4 is 10.1 Å². The number of amides is 2. The third-order valence-corrected chi connectivity index (χ3v) is 6.14. The lowest BCUT2D eigenvalue weighted by Gasteiger charge is -2.28. The average Bonchev–Trinajstić information content (AvgIpc) is 3.16. The molecule has 0 bridgehead atoms. The van der Waals surface area contributed by atoms with Crippen molar-refractivity contribution in [3.63, 3.8) is 0 Å². The summed E-state index contributed by atoms with van der Waals surface area (Å²) in [5, 5.41) is 4.29. The smallest absolute Gasteiger partial charge is 0.317 e. The van der Waals surface area contributed by atoms with E-state index in [1.165, 1.54) is 27.7 Å². The summed E-state index contributed by atoms with van der Waals surface area (Å²) in [5.74, 6) is 0.812. The molecule has 0 atom stereocenters. The third kappa shape index (κ3) is 3.91. The minimum absolute atomic E-state index is 0.0302. The minimum atomic E-state index is -0.0302. The highest BCUT2D eigenvalue weighted by Crippen LogP contribution is 2.31. The van der Waals surface area contributed by atoms with Crippen LogP contribution in [0.15, 0.2) is 73.1 Å². The van der Waals surface area contributed by atoms with Gasteiger partial charge < -0.3 is 19.5 Å². The molecule has 6 nitrogen and oxygen atoms in total. The Morgan fingerprint density at radius 1 is 1.03 bits per heavy atom. The second-order valence-electron chi connectivity index (χ2n) is 8.06. The van der Waals surface area contributed by atoms with E-state index in [-0.39, 0.29) is 6.03 Å². The Kier molecular flexibility index (Phi) is 5.50. The van der Waals surface area contributed by atoms with Crippen LogP contribution in [0.3, 0.4) is 0 Å². The molecule has 1 aliphatic rings. The van der Waals surface area contributed by atoms with Crippen LogP contribution in [0.2, 0.25) is 0 Å². The van der Waals surface area contributed by atoms with Gasteiger partial charge in [0, 0.05) is 67.2 Å². The fourth-order valence-electron chi connectivity index (χ4n) is 4.46.